The highest BCUT2D eigenvalue weighted by Gasteiger charge is 2.13. The smallest absolute Gasteiger partial charge is 0.255 e. The molecular weight excluding hydrogens is 312 g/mol. The predicted molar refractivity (Wildman–Crippen MR) is 78.5 cm³/mol. The maximum absolute atomic E-state index is 13.1. The van der Waals surface area contributed by atoms with Gasteiger partial charge in [-0.05, 0) is 42.5 Å². The van der Waals surface area contributed by atoms with Crippen LogP contribution >= 0.6 is 0 Å². The van der Waals surface area contributed by atoms with E-state index in [9.17, 15) is 22.0 Å². The molecule has 0 saturated heterocycles. The SMILES string of the molecule is CCS(=O)(=O)c1ccc(NC(=O)c2ccc(F)c(F)c2)cc1. The van der Waals surface area contributed by atoms with E-state index in [1.807, 2.05) is 0 Å². The molecule has 0 aliphatic carbocycles. The second-order valence-corrected chi connectivity index (χ2v) is 6.79. The molecule has 0 atom stereocenters. The number of anilines is 1. The molecule has 2 aromatic carbocycles. The van der Waals surface area contributed by atoms with Crippen molar-refractivity contribution in [3.8, 4) is 0 Å². The van der Waals surface area contributed by atoms with Gasteiger partial charge in [0.25, 0.3) is 5.91 Å². The minimum Gasteiger partial charge on any atom is -0.322 e. The molecule has 0 fully saturated rings. The number of sulfone groups is 1. The van der Waals surface area contributed by atoms with Gasteiger partial charge in [-0.1, -0.05) is 6.92 Å². The number of rotatable bonds is 4. The van der Waals surface area contributed by atoms with Crippen LogP contribution in [0.15, 0.2) is 47.4 Å². The van der Waals surface area contributed by atoms with Crippen LogP contribution in [0.1, 0.15) is 17.3 Å². The highest BCUT2D eigenvalue weighted by Crippen LogP contribution is 2.17. The van der Waals surface area contributed by atoms with Crippen LogP contribution in [-0.2, 0) is 9.84 Å². The van der Waals surface area contributed by atoms with Crippen LogP contribution in [0.2, 0.25) is 0 Å². The van der Waals surface area contributed by atoms with Crippen molar-refractivity contribution < 1.29 is 22.0 Å². The summed E-state index contributed by atoms with van der Waals surface area (Å²) >= 11 is 0. The van der Waals surface area contributed by atoms with Gasteiger partial charge in [0.2, 0.25) is 0 Å². The Morgan fingerprint density at radius 1 is 1.05 bits per heavy atom. The Kier molecular flexibility index (Phi) is 4.56. The number of hydrogen-bond donors (Lipinski definition) is 1. The molecular formula is C15H13F2NO3S. The van der Waals surface area contributed by atoms with Crippen molar-refractivity contribution in [1.29, 1.82) is 0 Å². The van der Waals surface area contributed by atoms with E-state index < -0.39 is 27.4 Å². The lowest BCUT2D eigenvalue weighted by atomic mass is 10.2. The second-order valence-electron chi connectivity index (χ2n) is 4.51. The monoisotopic (exact) mass is 325 g/mol. The summed E-state index contributed by atoms with van der Waals surface area (Å²) < 4.78 is 49.2. The Balaban J connectivity index is 2.17. The summed E-state index contributed by atoms with van der Waals surface area (Å²) in [6.45, 7) is 1.54. The fourth-order valence-corrected chi connectivity index (χ4v) is 2.64. The normalized spacial score (nSPS) is 11.2. The average Bonchev–Trinajstić information content (AvgIpc) is 2.50. The fraction of sp³-hybridized carbons (Fsp3) is 0.133. The molecule has 0 bridgehead atoms. The molecule has 0 unspecified atom stereocenters. The zero-order valence-electron chi connectivity index (χ0n) is 11.6. The quantitative estimate of drug-likeness (QED) is 0.940. The number of amides is 1. The van der Waals surface area contributed by atoms with Crippen molar-refractivity contribution in [2.75, 3.05) is 11.1 Å². The molecule has 22 heavy (non-hydrogen) atoms. The Labute approximate surface area is 126 Å². The predicted octanol–water partition coefficient (Wildman–Crippen LogP) is 3.01. The lowest BCUT2D eigenvalue weighted by Gasteiger charge is -2.07. The topological polar surface area (TPSA) is 63.2 Å². The first-order chi connectivity index (χ1) is 10.3. The molecule has 1 N–H and O–H groups in total. The van der Waals surface area contributed by atoms with Crippen LogP contribution in [0.5, 0.6) is 0 Å². The summed E-state index contributed by atoms with van der Waals surface area (Å²) in [7, 11) is -3.31. The van der Waals surface area contributed by atoms with Gasteiger partial charge >= 0.3 is 0 Å². The van der Waals surface area contributed by atoms with Crippen molar-refractivity contribution >= 4 is 21.4 Å². The van der Waals surface area contributed by atoms with Crippen LogP contribution in [0, 0.1) is 11.6 Å². The van der Waals surface area contributed by atoms with Gasteiger partial charge in [0.05, 0.1) is 10.6 Å². The highest BCUT2D eigenvalue weighted by molar-refractivity contribution is 7.91. The van der Waals surface area contributed by atoms with Crippen molar-refractivity contribution in [1.82, 2.24) is 0 Å². The molecule has 0 aromatic heterocycles. The summed E-state index contributed by atoms with van der Waals surface area (Å²) in [6, 6.07) is 8.42. The van der Waals surface area contributed by atoms with Crippen molar-refractivity contribution in [2.24, 2.45) is 0 Å². The summed E-state index contributed by atoms with van der Waals surface area (Å²) in [5.41, 5.74) is 0.314. The zero-order valence-corrected chi connectivity index (χ0v) is 12.5. The first-order valence-corrected chi connectivity index (χ1v) is 8.08. The van der Waals surface area contributed by atoms with Crippen LogP contribution in [0.4, 0.5) is 14.5 Å². The van der Waals surface area contributed by atoms with Gasteiger partial charge in [-0.25, -0.2) is 17.2 Å². The Morgan fingerprint density at radius 3 is 2.23 bits per heavy atom. The highest BCUT2D eigenvalue weighted by atomic mass is 32.2. The van der Waals surface area contributed by atoms with E-state index in [0.29, 0.717) is 5.69 Å². The third kappa shape index (κ3) is 3.48. The van der Waals surface area contributed by atoms with Crippen molar-refractivity contribution in [2.45, 2.75) is 11.8 Å². The van der Waals surface area contributed by atoms with Gasteiger partial charge in [0, 0.05) is 11.3 Å². The van der Waals surface area contributed by atoms with Crippen molar-refractivity contribution in [3.05, 3.63) is 59.7 Å². The van der Waals surface area contributed by atoms with Gasteiger partial charge in [0.1, 0.15) is 0 Å². The van der Waals surface area contributed by atoms with Crippen LogP contribution in [0.3, 0.4) is 0 Å². The average molecular weight is 325 g/mol. The molecule has 2 aromatic rings. The molecule has 116 valence electrons. The van der Waals surface area contributed by atoms with Crippen molar-refractivity contribution in [3.63, 3.8) is 0 Å². The molecule has 4 nitrogen and oxygen atoms in total. The lowest BCUT2D eigenvalue weighted by Crippen LogP contribution is -2.12. The first-order valence-electron chi connectivity index (χ1n) is 6.42. The maximum atomic E-state index is 13.1. The fourth-order valence-electron chi connectivity index (χ4n) is 1.75. The molecule has 0 spiro atoms. The molecule has 0 heterocycles. The number of carbonyl (C=O) groups excluding carboxylic acids is 1. The lowest BCUT2D eigenvalue weighted by molar-refractivity contribution is 0.102. The Morgan fingerprint density at radius 2 is 1.68 bits per heavy atom. The number of nitrogens with one attached hydrogen (secondary N) is 1. The molecule has 0 aliphatic rings. The first kappa shape index (κ1) is 16.1. The summed E-state index contributed by atoms with van der Waals surface area (Å²) in [4.78, 5) is 12.1. The molecule has 2 rings (SSSR count). The number of halogens is 2. The van der Waals surface area contributed by atoms with E-state index in [4.69, 9.17) is 0 Å². The summed E-state index contributed by atoms with van der Waals surface area (Å²) in [5, 5.41) is 2.48. The minimum atomic E-state index is -3.31. The molecule has 0 aliphatic heterocycles. The minimum absolute atomic E-state index is 0.0203. The third-order valence-corrected chi connectivity index (χ3v) is 4.78. The largest absolute Gasteiger partial charge is 0.322 e. The number of hydrogen-bond acceptors (Lipinski definition) is 3. The van der Waals surface area contributed by atoms with Crippen LogP contribution in [0.25, 0.3) is 0 Å². The number of carbonyl (C=O) groups is 1. The summed E-state index contributed by atoms with van der Waals surface area (Å²) in [6.07, 6.45) is 0. The Bertz CT molecular complexity index is 802. The van der Waals surface area contributed by atoms with E-state index in [1.54, 1.807) is 0 Å². The van der Waals surface area contributed by atoms with Gasteiger partial charge in [-0.2, -0.15) is 0 Å². The van der Waals surface area contributed by atoms with Gasteiger partial charge < -0.3 is 5.32 Å². The second kappa shape index (κ2) is 6.23. The third-order valence-electron chi connectivity index (χ3n) is 3.03. The van der Waals surface area contributed by atoms with Gasteiger partial charge in [-0.3, -0.25) is 4.79 Å². The maximum Gasteiger partial charge on any atom is 0.255 e. The van der Waals surface area contributed by atoms with Crippen LogP contribution < -0.4 is 5.32 Å². The van der Waals surface area contributed by atoms with E-state index in [2.05, 4.69) is 5.32 Å². The van der Waals surface area contributed by atoms with E-state index >= 15 is 0 Å². The van der Waals surface area contributed by atoms with Gasteiger partial charge in [0.15, 0.2) is 21.5 Å². The van der Waals surface area contributed by atoms with E-state index in [1.165, 1.54) is 31.2 Å². The van der Waals surface area contributed by atoms with Crippen LogP contribution in [-0.4, -0.2) is 20.1 Å². The van der Waals surface area contributed by atoms with Gasteiger partial charge in [-0.15, -0.1) is 0 Å². The molecule has 0 saturated carbocycles. The Hall–Kier alpha value is -2.28. The molecule has 7 heteroatoms. The number of benzene rings is 2. The van der Waals surface area contributed by atoms with E-state index in [-0.39, 0.29) is 16.2 Å². The van der Waals surface area contributed by atoms with E-state index in [0.717, 1.165) is 18.2 Å². The molecule has 0 radical (unpaired) electrons. The summed E-state index contributed by atoms with van der Waals surface area (Å²) in [5.74, 6) is -2.79. The molecule has 1 amide bonds. The zero-order chi connectivity index (χ0) is 16.3. The standard InChI is InChI=1S/C15H13F2NO3S/c1-2-22(20,21)12-6-4-11(5-7-12)18-15(19)10-3-8-13(16)14(17)9-10/h3-9H,2H2,1H3,(H,18,19).